The van der Waals surface area contributed by atoms with Crippen LogP contribution in [0.2, 0.25) is 0 Å². The van der Waals surface area contributed by atoms with Crippen molar-refractivity contribution in [2.75, 3.05) is 0 Å². The van der Waals surface area contributed by atoms with Gasteiger partial charge in [-0.1, -0.05) is 40.9 Å². The Hall–Kier alpha value is -0.840. The maximum Gasteiger partial charge on any atom is 0.392 e. The van der Waals surface area contributed by atoms with Crippen LogP contribution in [0.15, 0.2) is 28.7 Å². The van der Waals surface area contributed by atoms with E-state index in [1.54, 1.807) is 18.2 Å². The highest BCUT2D eigenvalue weighted by atomic mass is 79.9. The molecule has 0 amide bonds. The lowest BCUT2D eigenvalue weighted by atomic mass is 9.75. The molecule has 110 valence electrons. The van der Waals surface area contributed by atoms with E-state index in [-0.39, 0.29) is 18.6 Å². The topological polar surface area (TPSA) is 17.1 Å². The van der Waals surface area contributed by atoms with Gasteiger partial charge in [0.15, 0.2) is 0 Å². The Bertz CT molecular complexity index is 484. The first-order chi connectivity index (χ1) is 9.38. The molecule has 1 aliphatic carbocycles. The zero-order valence-corrected chi connectivity index (χ0v) is 12.5. The summed E-state index contributed by atoms with van der Waals surface area (Å²) in [6.07, 6.45) is -2.48. The third-order valence-electron chi connectivity index (χ3n) is 3.87. The molecule has 0 N–H and O–H groups in total. The molecule has 0 aromatic heterocycles. The fourth-order valence-corrected chi connectivity index (χ4v) is 3.33. The van der Waals surface area contributed by atoms with Crippen LogP contribution in [0.1, 0.15) is 31.2 Å². The third-order valence-corrected chi connectivity index (χ3v) is 4.36. The standard InChI is InChI=1S/C15H16BrF3O/c16-11-5-3-4-10(8-11)9-14(20)12-6-1-2-7-13(12)15(17,18)19/h3-5,8,12-13H,1-2,6-7,9H2. The zero-order valence-electron chi connectivity index (χ0n) is 10.9. The molecule has 0 aliphatic heterocycles. The predicted octanol–water partition coefficient (Wildman–Crippen LogP) is 4.93. The van der Waals surface area contributed by atoms with Crippen molar-refractivity contribution < 1.29 is 18.0 Å². The Kier molecular flexibility index (Phi) is 4.89. The molecule has 1 aromatic carbocycles. The van der Waals surface area contributed by atoms with Crippen LogP contribution >= 0.6 is 15.9 Å². The van der Waals surface area contributed by atoms with Crippen LogP contribution in [0.3, 0.4) is 0 Å². The third kappa shape index (κ3) is 3.84. The van der Waals surface area contributed by atoms with E-state index in [1.807, 2.05) is 6.07 Å². The summed E-state index contributed by atoms with van der Waals surface area (Å²) >= 11 is 3.30. The van der Waals surface area contributed by atoms with E-state index in [1.165, 1.54) is 0 Å². The molecule has 2 unspecified atom stereocenters. The molecular weight excluding hydrogens is 333 g/mol. The van der Waals surface area contributed by atoms with Gasteiger partial charge in [-0.3, -0.25) is 4.79 Å². The maximum atomic E-state index is 13.0. The van der Waals surface area contributed by atoms with E-state index in [4.69, 9.17) is 0 Å². The fourth-order valence-electron chi connectivity index (χ4n) is 2.89. The number of alkyl halides is 3. The van der Waals surface area contributed by atoms with Crippen LogP contribution in [0.25, 0.3) is 0 Å². The van der Waals surface area contributed by atoms with E-state index in [2.05, 4.69) is 15.9 Å². The number of carbonyl (C=O) groups excluding carboxylic acids is 1. The Morgan fingerprint density at radius 3 is 2.60 bits per heavy atom. The highest BCUT2D eigenvalue weighted by Crippen LogP contribution is 2.42. The number of benzene rings is 1. The molecule has 0 saturated heterocycles. The van der Waals surface area contributed by atoms with Crippen LogP contribution < -0.4 is 0 Å². The average molecular weight is 349 g/mol. The highest BCUT2D eigenvalue weighted by Gasteiger charge is 2.47. The lowest BCUT2D eigenvalue weighted by molar-refractivity contribution is -0.197. The quantitative estimate of drug-likeness (QED) is 0.756. The molecule has 0 bridgehead atoms. The van der Waals surface area contributed by atoms with E-state index < -0.39 is 18.0 Å². The predicted molar refractivity (Wildman–Crippen MR) is 74.4 cm³/mol. The van der Waals surface area contributed by atoms with Gasteiger partial charge in [0.25, 0.3) is 0 Å². The Balaban J connectivity index is 2.10. The molecule has 1 aromatic rings. The van der Waals surface area contributed by atoms with Gasteiger partial charge in [-0.15, -0.1) is 0 Å². The highest BCUT2D eigenvalue weighted by molar-refractivity contribution is 9.10. The van der Waals surface area contributed by atoms with Crippen LogP contribution in [0, 0.1) is 11.8 Å². The SMILES string of the molecule is O=C(Cc1cccc(Br)c1)C1CCCCC1C(F)(F)F. The van der Waals surface area contributed by atoms with Crippen LogP contribution in [-0.2, 0) is 11.2 Å². The van der Waals surface area contributed by atoms with Crippen LogP contribution in [-0.4, -0.2) is 12.0 Å². The summed E-state index contributed by atoms with van der Waals surface area (Å²) in [5.41, 5.74) is 0.760. The van der Waals surface area contributed by atoms with Crippen molar-refractivity contribution in [1.29, 1.82) is 0 Å². The van der Waals surface area contributed by atoms with Gasteiger partial charge in [-0.25, -0.2) is 0 Å². The molecular formula is C15H16BrF3O. The summed E-state index contributed by atoms with van der Waals surface area (Å²) < 4.78 is 39.8. The maximum absolute atomic E-state index is 13.0. The van der Waals surface area contributed by atoms with Crippen LogP contribution in [0.5, 0.6) is 0 Å². The number of hydrogen-bond donors (Lipinski definition) is 0. The molecule has 1 fully saturated rings. The van der Waals surface area contributed by atoms with Crippen molar-refractivity contribution in [3.8, 4) is 0 Å². The second-order valence-corrected chi connectivity index (χ2v) is 6.23. The fraction of sp³-hybridized carbons (Fsp3) is 0.533. The van der Waals surface area contributed by atoms with Gasteiger partial charge in [-0.05, 0) is 30.5 Å². The molecule has 2 rings (SSSR count). The minimum absolute atomic E-state index is 0.0800. The van der Waals surface area contributed by atoms with Gasteiger partial charge in [0, 0.05) is 16.8 Å². The first-order valence-corrected chi connectivity index (χ1v) is 7.51. The van der Waals surface area contributed by atoms with Crippen molar-refractivity contribution in [2.24, 2.45) is 11.8 Å². The van der Waals surface area contributed by atoms with Crippen LogP contribution in [0.4, 0.5) is 13.2 Å². The molecule has 20 heavy (non-hydrogen) atoms. The monoisotopic (exact) mass is 348 g/mol. The Morgan fingerprint density at radius 2 is 1.95 bits per heavy atom. The second kappa shape index (κ2) is 6.29. The lowest BCUT2D eigenvalue weighted by Crippen LogP contribution is -2.37. The minimum atomic E-state index is -4.27. The first kappa shape index (κ1) is 15.5. The van der Waals surface area contributed by atoms with Gasteiger partial charge >= 0.3 is 6.18 Å². The zero-order chi connectivity index (χ0) is 14.8. The summed E-state index contributed by atoms with van der Waals surface area (Å²) in [4.78, 5) is 12.2. The number of ketones is 1. The van der Waals surface area contributed by atoms with Crippen molar-refractivity contribution in [3.05, 3.63) is 34.3 Å². The molecule has 0 spiro atoms. The number of halogens is 4. The number of hydrogen-bond acceptors (Lipinski definition) is 1. The molecule has 0 radical (unpaired) electrons. The molecule has 5 heteroatoms. The van der Waals surface area contributed by atoms with E-state index in [0.717, 1.165) is 10.0 Å². The first-order valence-electron chi connectivity index (χ1n) is 6.72. The molecule has 0 heterocycles. The average Bonchev–Trinajstić information content (AvgIpc) is 2.37. The summed E-state index contributed by atoms with van der Waals surface area (Å²) in [5.74, 6) is -2.62. The van der Waals surface area contributed by atoms with Gasteiger partial charge in [0.2, 0.25) is 0 Å². The largest absolute Gasteiger partial charge is 0.392 e. The van der Waals surface area contributed by atoms with Crippen molar-refractivity contribution in [2.45, 2.75) is 38.3 Å². The smallest absolute Gasteiger partial charge is 0.299 e. The van der Waals surface area contributed by atoms with Crippen molar-refractivity contribution in [3.63, 3.8) is 0 Å². The molecule has 2 atom stereocenters. The van der Waals surface area contributed by atoms with Crippen molar-refractivity contribution >= 4 is 21.7 Å². The normalized spacial score (nSPS) is 23.6. The Labute approximate surface area is 124 Å². The second-order valence-electron chi connectivity index (χ2n) is 5.31. The van der Waals surface area contributed by atoms with Gasteiger partial charge in [0.05, 0.1) is 5.92 Å². The minimum Gasteiger partial charge on any atom is -0.299 e. The Morgan fingerprint density at radius 1 is 1.25 bits per heavy atom. The number of carbonyl (C=O) groups is 1. The molecule has 1 nitrogen and oxygen atoms in total. The van der Waals surface area contributed by atoms with E-state index >= 15 is 0 Å². The summed E-state index contributed by atoms with van der Waals surface area (Å²) in [6, 6.07) is 7.17. The van der Waals surface area contributed by atoms with E-state index in [9.17, 15) is 18.0 Å². The van der Waals surface area contributed by atoms with E-state index in [0.29, 0.717) is 19.3 Å². The summed E-state index contributed by atoms with van der Waals surface area (Å²) in [5, 5.41) is 0. The lowest BCUT2D eigenvalue weighted by Gasteiger charge is -2.32. The van der Waals surface area contributed by atoms with Gasteiger partial charge < -0.3 is 0 Å². The van der Waals surface area contributed by atoms with Gasteiger partial charge in [-0.2, -0.15) is 13.2 Å². The van der Waals surface area contributed by atoms with Crippen molar-refractivity contribution in [1.82, 2.24) is 0 Å². The number of rotatable bonds is 3. The summed E-state index contributed by atoms with van der Waals surface area (Å²) in [6.45, 7) is 0. The molecule has 1 aliphatic rings. The molecule has 1 saturated carbocycles. The van der Waals surface area contributed by atoms with Gasteiger partial charge in [0.1, 0.15) is 5.78 Å². The number of Topliss-reactive ketones (excluding diaryl/α,β-unsaturated/α-hetero) is 1. The summed E-state index contributed by atoms with van der Waals surface area (Å²) in [7, 11) is 0.